The van der Waals surface area contributed by atoms with Gasteiger partial charge in [0.05, 0.1) is 13.2 Å². The van der Waals surface area contributed by atoms with E-state index in [2.05, 4.69) is 10.6 Å². The number of anilines is 2. The molecule has 0 saturated carbocycles. The summed E-state index contributed by atoms with van der Waals surface area (Å²) in [6.07, 6.45) is 0.0164. The number of nitrogens with one attached hydrogen (secondary N) is 2. The molecular formula is C21H27ClN2O3. The van der Waals surface area contributed by atoms with E-state index in [4.69, 9.17) is 21.1 Å². The van der Waals surface area contributed by atoms with Crippen LogP contribution in [0.3, 0.4) is 0 Å². The van der Waals surface area contributed by atoms with Crippen LogP contribution >= 0.6 is 11.6 Å². The summed E-state index contributed by atoms with van der Waals surface area (Å²) in [5, 5.41) is 6.81. The number of hydrogen-bond acceptors (Lipinski definition) is 4. The van der Waals surface area contributed by atoms with Gasteiger partial charge in [0.1, 0.15) is 0 Å². The van der Waals surface area contributed by atoms with E-state index in [1.165, 1.54) is 0 Å². The fourth-order valence-corrected chi connectivity index (χ4v) is 2.66. The molecule has 0 saturated heterocycles. The van der Waals surface area contributed by atoms with Gasteiger partial charge in [0.25, 0.3) is 0 Å². The minimum absolute atomic E-state index is 0.00259. The van der Waals surface area contributed by atoms with E-state index in [0.29, 0.717) is 23.1 Å². The molecule has 6 heteroatoms. The molecule has 0 aromatic heterocycles. The molecule has 5 nitrogen and oxygen atoms in total. The molecular weight excluding hydrogens is 364 g/mol. The molecule has 146 valence electrons. The van der Waals surface area contributed by atoms with Crippen LogP contribution in [0.5, 0.6) is 11.5 Å². The van der Waals surface area contributed by atoms with Gasteiger partial charge < -0.3 is 20.1 Å². The van der Waals surface area contributed by atoms with Crippen molar-refractivity contribution >= 4 is 28.9 Å². The predicted molar refractivity (Wildman–Crippen MR) is 111 cm³/mol. The van der Waals surface area contributed by atoms with Crippen LogP contribution in [0.2, 0.25) is 5.02 Å². The molecule has 0 spiro atoms. The number of ether oxygens (including phenoxy) is 2. The smallest absolute Gasteiger partial charge is 0.226 e. The van der Waals surface area contributed by atoms with E-state index in [0.717, 1.165) is 16.9 Å². The lowest BCUT2D eigenvalue weighted by atomic mass is 10.1. The first-order valence-corrected chi connectivity index (χ1v) is 9.35. The molecule has 0 atom stereocenters. The van der Waals surface area contributed by atoms with Crippen molar-refractivity contribution in [2.75, 3.05) is 17.7 Å². The maximum Gasteiger partial charge on any atom is 0.226 e. The summed E-state index contributed by atoms with van der Waals surface area (Å²) < 4.78 is 11.3. The van der Waals surface area contributed by atoms with Crippen LogP contribution in [-0.2, 0) is 11.3 Å². The Morgan fingerprint density at radius 3 is 2.26 bits per heavy atom. The first-order valence-electron chi connectivity index (χ1n) is 8.98. The predicted octanol–water partition coefficient (Wildman–Crippen LogP) is 5.34. The Bertz CT molecular complexity index is 774. The summed E-state index contributed by atoms with van der Waals surface area (Å²) in [6, 6.07) is 11.2. The second kappa shape index (κ2) is 9.51. The van der Waals surface area contributed by atoms with Gasteiger partial charge in [0.15, 0.2) is 11.5 Å². The number of amides is 1. The summed E-state index contributed by atoms with van der Waals surface area (Å²) in [5.41, 5.74) is 2.60. The molecule has 2 aromatic carbocycles. The normalized spacial score (nSPS) is 10.8. The van der Waals surface area contributed by atoms with E-state index in [1.807, 2.05) is 58.0 Å². The lowest BCUT2D eigenvalue weighted by molar-refractivity contribution is -0.118. The summed E-state index contributed by atoms with van der Waals surface area (Å²) in [6.45, 7) is 8.18. The molecule has 2 rings (SSSR count). The van der Waals surface area contributed by atoms with E-state index in [9.17, 15) is 4.79 Å². The van der Waals surface area contributed by atoms with E-state index in [1.54, 1.807) is 13.2 Å². The third-order valence-corrected chi connectivity index (χ3v) is 4.05. The Labute approximate surface area is 166 Å². The SMILES string of the molecule is COc1cc(Cl)cc(CNc2ccc(NC(=O)C(C)C)cc2)c1OC(C)C. The number of benzene rings is 2. The highest BCUT2D eigenvalue weighted by molar-refractivity contribution is 6.30. The second-order valence-electron chi connectivity index (χ2n) is 6.84. The Kier molecular flexibility index (Phi) is 7.36. The van der Waals surface area contributed by atoms with Crippen LogP contribution in [-0.4, -0.2) is 19.1 Å². The molecule has 0 bridgehead atoms. The second-order valence-corrected chi connectivity index (χ2v) is 7.27. The van der Waals surface area contributed by atoms with Crippen LogP contribution in [0.25, 0.3) is 0 Å². The lowest BCUT2D eigenvalue weighted by Gasteiger charge is -2.18. The average Bonchev–Trinajstić information content (AvgIpc) is 2.62. The molecule has 0 aliphatic carbocycles. The van der Waals surface area contributed by atoms with Gasteiger partial charge in [0, 0.05) is 40.5 Å². The van der Waals surface area contributed by atoms with Crippen molar-refractivity contribution < 1.29 is 14.3 Å². The Morgan fingerprint density at radius 1 is 1.07 bits per heavy atom. The van der Waals surface area contributed by atoms with Gasteiger partial charge in [-0.1, -0.05) is 25.4 Å². The average molecular weight is 391 g/mol. The first-order chi connectivity index (χ1) is 12.8. The van der Waals surface area contributed by atoms with Gasteiger partial charge in [0.2, 0.25) is 5.91 Å². The van der Waals surface area contributed by atoms with Gasteiger partial charge in [-0.25, -0.2) is 0 Å². The number of hydrogen-bond donors (Lipinski definition) is 2. The summed E-state index contributed by atoms with van der Waals surface area (Å²) in [5.74, 6) is 1.24. The van der Waals surface area contributed by atoms with Gasteiger partial charge >= 0.3 is 0 Å². The molecule has 2 N–H and O–H groups in total. The van der Waals surface area contributed by atoms with Crippen LogP contribution < -0.4 is 20.1 Å². The molecule has 0 heterocycles. The Morgan fingerprint density at radius 2 is 1.70 bits per heavy atom. The fourth-order valence-electron chi connectivity index (χ4n) is 2.43. The lowest BCUT2D eigenvalue weighted by Crippen LogP contribution is -2.17. The zero-order chi connectivity index (χ0) is 20.0. The van der Waals surface area contributed by atoms with Crippen molar-refractivity contribution in [3.05, 3.63) is 47.0 Å². The topological polar surface area (TPSA) is 59.6 Å². The van der Waals surface area contributed by atoms with Gasteiger partial charge in [-0.05, 0) is 44.2 Å². The van der Waals surface area contributed by atoms with Crippen molar-refractivity contribution in [2.45, 2.75) is 40.3 Å². The maximum atomic E-state index is 11.8. The standard InChI is InChI=1S/C21H27ClN2O3/c1-13(2)21(25)24-18-8-6-17(7-9-18)23-12-15-10-16(22)11-19(26-5)20(15)27-14(3)4/h6-11,13-14,23H,12H2,1-5H3,(H,24,25). The molecule has 1 amide bonds. The zero-order valence-corrected chi connectivity index (χ0v) is 17.2. The highest BCUT2D eigenvalue weighted by atomic mass is 35.5. The first kappa shape index (κ1) is 20.9. The van der Waals surface area contributed by atoms with Crippen molar-refractivity contribution in [1.82, 2.24) is 0 Å². The summed E-state index contributed by atoms with van der Waals surface area (Å²) in [4.78, 5) is 11.8. The van der Waals surface area contributed by atoms with E-state index < -0.39 is 0 Å². The van der Waals surface area contributed by atoms with E-state index >= 15 is 0 Å². The van der Waals surface area contributed by atoms with Crippen molar-refractivity contribution in [1.29, 1.82) is 0 Å². The third kappa shape index (κ3) is 6.07. The van der Waals surface area contributed by atoms with Gasteiger partial charge in [-0.2, -0.15) is 0 Å². The Hall–Kier alpha value is -2.40. The number of methoxy groups -OCH3 is 1. The molecule has 0 aliphatic heterocycles. The van der Waals surface area contributed by atoms with Crippen molar-refractivity contribution in [3.63, 3.8) is 0 Å². The van der Waals surface area contributed by atoms with Crippen LogP contribution in [0.4, 0.5) is 11.4 Å². The molecule has 0 radical (unpaired) electrons. The number of halogens is 1. The Balaban J connectivity index is 2.11. The van der Waals surface area contributed by atoms with E-state index in [-0.39, 0.29) is 17.9 Å². The number of rotatable bonds is 8. The third-order valence-electron chi connectivity index (χ3n) is 3.83. The molecule has 0 unspecified atom stereocenters. The quantitative estimate of drug-likeness (QED) is 0.638. The summed E-state index contributed by atoms with van der Waals surface area (Å²) >= 11 is 6.21. The van der Waals surface area contributed by atoms with Crippen LogP contribution in [0.1, 0.15) is 33.3 Å². The van der Waals surface area contributed by atoms with Crippen molar-refractivity contribution in [3.8, 4) is 11.5 Å². The van der Waals surface area contributed by atoms with Crippen LogP contribution in [0.15, 0.2) is 36.4 Å². The highest BCUT2D eigenvalue weighted by Crippen LogP contribution is 2.36. The molecule has 2 aromatic rings. The minimum Gasteiger partial charge on any atom is -0.493 e. The van der Waals surface area contributed by atoms with Gasteiger partial charge in [-0.15, -0.1) is 0 Å². The fraction of sp³-hybridized carbons (Fsp3) is 0.381. The summed E-state index contributed by atoms with van der Waals surface area (Å²) in [7, 11) is 1.60. The molecule has 27 heavy (non-hydrogen) atoms. The minimum atomic E-state index is -0.0556. The number of carbonyl (C=O) groups is 1. The highest BCUT2D eigenvalue weighted by Gasteiger charge is 2.14. The number of carbonyl (C=O) groups excluding carboxylic acids is 1. The maximum absolute atomic E-state index is 11.8. The van der Waals surface area contributed by atoms with Crippen LogP contribution in [0, 0.1) is 5.92 Å². The monoisotopic (exact) mass is 390 g/mol. The van der Waals surface area contributed by atoms with Gasteiger partial charge in [-0.3, -0.25) is 4.79 Å². The molecule has 0 fully saturated rings. The van der Waals surface area contributed by atoms with Crippen molar-refractivity contribution in [2.24, 2.45) is 5.92 Å². The zero-order valence-electron chi connectivity index (χ0n) is 16.4. The largest absolute Gasteiger partial charge is 0.493 e. The molecule has 0 aliphatic rings.